The first-order valence-electron chi connectivity index (χ1n) is 7.03. The molecule has 1 aliphatic carbocycles. The minimum absolute atomic E-state index is 0.0250. The molecule has 1 atom stereocenters. The highest BCUT2D eigenvalue weighted by molar-refractivity contribution is 4.99. The topological polar surface area (TPSA) is 90.9 Å². The van der Waals surface area contributed by atoms with Gasteiger partial charge in [-0.3, -0.25) is 11.3 Å². The quantitative estimate of drug-likeness (QED) is 0.570. The second kappa shape index (κ2) is 6.40. The predicted molar refractivity (Wildman–Crippen MR) is 71.1 cm³/mol. The standard InChI is InChI=1S/C12H24N6O/c1-3-19-12(7-5-4-6-8-12)10(14-13)9-11-15-17-18(2)16-11/h10,14H,3-9,13H2,1-2H3. The van der Waals surface area contributed by atoms with E-state index in [4.69, 9.17) is 10.6 Å². The molecule has 7 nitrogen and oxygen atoms in total. The van der Waals surface area contributed by atoms with Crippen molar-refractivity contribution in [2.24, 2.45) is 12.9 Å². The third kappa shape index (κ3) is 3.29. The van der Waals surface area contributed by atoms with Gasteiger partial charge in [-0.1, -0.05) is 19.3 Å². The summed E-state index contributed by atoms with van der Waals surface area (Å²) in [6.45, 7) is 2.73. The van der Waals surface area contributed by atoms with Gasteiger partial charge < -0.3 is 4.74 Å². The van der Waals surface area contributed by atoms with Crippen molar-refractivity contribution in [2.45, 2.75) is 57.1 Å². The van der Waals surface area contributed by atoms with Gasteiger partial charge in [-0.25, -0.2) is 0 Å². The Morgan fingerprint density at radius 3 is 2.68 bits per heavy atom. The van der Waals surface area contributed by atoms with Crippen molar-refractivity contribution in [2.75, 3.05) is 6.61 Å². The SMILES string of the molecule is CCOC1(C(Cc2nnn(C)n2)NN)CCCCC1. The number of ether oxygens (including phenoxy) is 1. The van der Waals surface area contributed by atoms with Gasteiger partial charge in [0.2, 0.25) is 0 Å². The molecule has 1 fully saturated rings. The average molecular weight is 268 g/mol. The molecule has 108 valence electrons. The normalized spacial score (nSPS) is 20.4. The van der Waals surface area contributed by atoms with Crippen LogP contribution >= 0.6 is 0 Å². The smallest absolute Gasteiger partial charge is 0.176 e. The molecule has 0 aliphatic heterocycles. The van der Waals surface area contributed by atoms with Gasteiger partial charge in [-0.05, 0) is 25.0 Å². The molecular weight excluding hydrogens is 244 g/mol. The van der Waals surface area contributed by atoms with E-state index in [1.165, 1.54) is 24.1 Å². The highest BCUT2D eigenvalue weighted by Crippen LogP contribution is 2.35. The third-order valence-corrected chi connectivity index (χ3v) is 3.90. The minimum Gasteiger partial charge on any atom is -0.374 e. The van der Waals surface area contributed by atoms with Gasteiger partial charge in [0.05, 0.1) is 18.7 Å². The molecule has 19 heavy (non-hydrogen) atoms. The Kier molecular flexibility index (Phi) is 4.84. The van der Waals surface area contributed by atoms with E-state index in [9.17, 15) is 0 Å². The van der Waals surface area contributed by atoms with Crippen molar-refractivity contribution < 1.29 is 4.74 Å². The van der Waals surface area contributed by atoms with Crippen LogP contribution < -0.4 is 11.3 Å². The van der Waals surface area contributed by atoms with Crippen molar-refractivity contribution in [3.63, 3.8) is 0 Å². The van der Waals surface area contributed by atoms with E-state index in [0.29, 0.717) is 18.9 Å². The zero-order chi connectivity index (χ0) is 13.7. The van der Waals surface area contributed by atoms with E-state index >= 15 is 0 Å². The van der Waals surface area contributed by atoms with Crippen molar-refractivity contribution in [1.29, 1.82) is 0 Å². The summed E-state index contributed by atoms with van der Waals surface area (Å²) >= 11 is 0. The minimum atomic E-state index is -0.194. The lowest BCUT2D eigenvalue weighted by molar-refractivity contribution is -0.0901. The van der Waals surface area contributed by atoms with Gasteiger partial charge >= 0.3 is 0 Å². The molecule has 0 radical (unpaired) electrons. The molecule has 7 heteroatoms. The Labute approximate surface area is 113 Å². The number of hydrogen-bond acceptors (Lipinski definition) is 6. The molecule has 0 saturated heterocycles. The number of hydrogen-bond donors (Lipinski definition) is 2. The number of nitrogens with two attached hydrogens (primary N) is 1. The largest absolute Gasteiger partial charge is 0.374 e. The first kappa shape index (κ1) is 14.4. The molecule has 0 bridgehead atoms. The zero-order valence-electron chi connectivity index (χ0n) is 11.8. The van der Waals surface area contributed by atoms with E-state index in [2.05, 4.69) is 20.8 Å². The molecule has 1 aromatic heterocycles. The summed E-state index contributed by atoms with van der Waals surface area (Å²) < 4.78 is 6.08. The second-order valence-corrected chi connectivity index (χ2v) is 5.18. The Morgan fingerprint density at radius 2 is 2.16 bits per heavy atom. The molecule has 0 amide bonds. The molecule has 0 aromatic carbocycles. The number of hydrazine groups is 1. The Morgan fingerprint density at radius 1 is 1.42 bits per heavy atom. The number of tetrazole rings is 1. The van der Waals surface area contributed by atoms with E-state index in [1.54, 1.807) is 7.05 Å². The summed E-state index contributed by atoms with van der Waals surface area (Å²) in [4.78, 5) is 1.47. The lowest BCUT2D eigenvalue weighted by atomic mass is 9.78. The zero-order valence-corrected chi connectivity index (χ0v) is 11.8. The monoisotopic (exact) mass is 268 g/mol. The molecule has 1 unspecified atom stereocenters. The number of aryl methyl sites for hydroxylation is 1. The maximum Gasteiger partial charge on any atom is 0.176 e. The van der Waals surface area contributed by atoms with Crippen LogP contribution in [-0.4, -0.2) is 38.5 Å². The van der Waals surface area contributed by atoms with Crippen LogP contribution in [0.5, 0.6) is 0 Å². The van der Waals surface area contributed by atoms with Crippen molar-refractivity contribution in [3.8, 4) is 0 Å². The number of aromatic nitrogens is 4. The highest BCUT2D eigenvalue weighted by atomic mass is 16.5. The van der Waals surface area contributed by atoms with Crippen molar-refractivity contribution in [1.82, 2.24) is 25.6 Å². The summed E-state index contributed by atoms with van der Waals surface area (Å²) in [5, 5.41) is 12.1. The Bertz CT molecular complexity index is 382. The molecule has 0 spiro atoms. The van der Waals surface area contributed by atoms with Gasteiger partial charge in [-0.15, -0.1) is 10.2 Å². The predicted octanol–water partition coefficient (Wildman–Crippen LogP) is 0.324. The van der Waals surface area contributed by atoms with Gasteiger partial charge in [0.1, 0.15) is 0 Å². The van der Waals surface area contributed by atoms with E-state index in [1.807, 2.05) is 6.92 Å². The molecule has 3 N–H and O–H groups in total. The van der Waals surface area contributed by atoms with Crippen LogP contribution in [0, 0.1) is 0 Å². The molecule has 1 aromatic rings. The van der Waals surface area contributed by atoms with Gasteiger partial charge in [0.25, 0.3) is 0 Å². The van der Waals surface area contributed by atoms with E-state index in [-0.39, 0.29) is 11.6 Å². The van der Waals surface area contributed by atoms with Crippen LogP contribution in [0.25, 0.3) is 0 Å². The fourth-order valence-electron chi connectivity index (χ4n) is 3.02. The molecular formula is C12H24N6O. The van der Waals surface area contributed by atoms with Crippen LogP contribution in [0.1, 0.15) is 44.9 Å². The first-order chi connectivity index (χ1) is 9.20. The first-order valence-corrected chi connectivity index (χ1v) is 7.03. The lowest BCUT2D eigenvalue weighted by Gasteiger charge is -2.42. The molecule has 2 rings (SSSR count). The maximum atomic E-state index is 6.08. The number of nitrogens with zero attached hydrogens (tertiary/aromatic N) is 4. The Balaban J connectivity index is 2.12. The van der Waals surface area contributed by atoms with Crippen LogP contribution in [0.4, 0.5) is 0 Å². The van der Waals surface area contributed by atoms with Crippen LogP contribution in [0.15, 0.2) is 0 Å². The van der Waals surface area contributed by atoms with Crippen LogP contribution in [-0.2, 0) is 18.2 Å². The Hall–Kier alpha value is -1.05. The number of rotatable bonds is 6. The van der Waals surface area contributed by atoms with Gasteiger partial charge in [-0.2, -0.15) is 4.80 Å². The van der Waals surface area contributed by atoms with Crippen LogP contribution in [0.2, 0.25) is 0 Å². The van der Waals surface area contributed by atoms with Crippen molar-refractivity contribution in [3.05, 3.63) is 5.82 Å². The highest BCUT2D eigenvalue weighted by Gasteiger charge is 2.40. The summed E-state index contributed by atoms with van der Waals surface area (Å²) in [7, 11) is 1.76. The summed E-state index contributed by atoms with van der Waals surface area (Å²) in [5.74, 6) is 6.46. The third-order valence-electron chi connectivity index (χ3n) is 3.90. The van der Waals surface area contributed by atoms with E-state index < -0.39 is 0 Å². The summed E-state index contributed by atoms with van der Waals surface area (Å²) in [5.41, 5.74) is 2.72. The number of nitrogens with one attached hydrogen (secondary N) is 1. The summed E-state index contributed by atoms with van der Waals surface area (Å²) in [6.07, 6.45) is 6.37. The fraction of sp³-hybridized carbons (Fsp3) is 0.917. The van der Waals surface area contributed by atoms with Gasteiger partial charge in [0.15, 0.2) is 5.82 Å². The molecule has 1 saturated carbocycles. The average Bonchev–Trinajstić information content (AvgIpc) is 2.83. The summed E-state index contributed by atoms with van der Waals surface area (Å²) in [6, 6.07) is 0.0250. The van der Waals surface area contributed by atoms with Crippen molar-refractivity contribution >= 4 is 0 Å². The lowest BCUT2D eigenvalue weighted by Crippen LogP contribution is -2.57. The van der Waals surface area contributed by atoms with Crippen LogP contribution in [0.3, 0.4) is 0 Å². The second-order valence-electron chi connectivity index (χ2n) is 5.18. The maximum absolute atomic E-state index is 6.08. The molecule has 1 heterocycles. The van der Waals surface area contributed by atoms with E-state index in [0.717, 1.165) is 12.8 Å². The molecule has 1 aliphatic rings. The van der Waals surface area contributed by atoms with Gasteiger partial charge in [0, 0.05) is 13.0 Å². The fourth-order valence-corrected chi connectivity index (χ4v) is 3.02.